The molecular formula is C14H20O3. The van der Waals surface area contributed by atoms with Crippen molar-refractivity contribution in [2.75, 3.05) is 6.61 Å². The molecule has 0 unspecified atom stereocenters. The van der Waals surface area contributed by atoms with E-state index in [1.807, 2.05) is 13.0 Å². The number of esters is 1. The van der Waals surface area contributed by atoms with Crippen molar-refractivity contribution < 1.29 is 14.3 Å². The summed E-state index contributed by atoms with van der Waals surface area (Å²) in [6.07, 6.45) is 6.18. The minimum atomic E-state index is -0.255. The standard InChI is InChI=1S/C14H20O3/c1-4-16-11(15)5-6-14-8-9-7-10(12(14)17-14)13(9,2)3/h5-6,9-10,12H,4,7-8H2,1-3H3/b6-5+/t9-,10+,12-,14+/m0/s1. The maximum absolute atomic E-state index is 11.3. The molecule has 4 fully saturated rings. The van der Waals surface area contributed by atoms with E-state index in [0.29, 0.717) is 24.0 Å². The lowest BCUT2D eigenvalue weighted by atomic mass is 9.47. The Kier molecular flexibility index (Phi) is 2.22. The van der Waals surface area contributed by atoms with Crippen molar-refractivity contribution in [3.05, 3.63) is 12.2 Å². The SMILES string of the molecule is CCOC(=O)/C=C/[C@@]12C[C@@H]3C[C@H]([C@@H]1O2)C3(C)C. The van der Waals surface area contributed by atoms with Gasteiger partial charge in [-0.1, -0.05) is 13.8 Å². The predicted molar refractivity (Wildman–Crippen MR) is 63.4 cm³/mol. The van der Waals surface area contributed by atoms with Gasteiger partial charge in [-0.25, -0.2) is 4.79 Å². The van der Waals surface area contributed by atoms with Crippen molar-refractivity contribution in [1.82, 2.24) is 0 Å². The summed E-state index contributed by atoms with van der Waals surface area (Å²) in [6, 6.07) is 0. The van der Waals surface area contributed by atoms with E-state index < -0.39 is 0 Å². The molecule has 1 heterocycles. The van der Waals surface area contributed by atoms with Crippen molar-refractivity contribution >= 4 is 5.97 Å². The van der Waals surface area contributed by atoms with E-state index in [2.05, 4.69) is 13.8 Å². The third-order valence-corrected chi connectivity index (χ3v) is 5.04. The van der Waals surface area contributed by atoms with Crippen LogP contribution >= 0.6 is 0 Å². The van der Waals surface area contributed by atoms with Gasteiger partial charge in [0.1, 0.15) is 5.60 Å². The van der Waals surface area contributed by atoms with Crippen LogP contribution in [-0.2, 0) is 14.3 Å². The average molecular weight is 236 g/mol. The van der Waals surface area contributed by atoms with Crippen molar-refractivity contribution in [1.29, 1.82) is 0 Å². The minimum Gasteiger partial charge on any atom is -0.463 e. The second-order valence-electron chi connectivity index (χ2n) is 6.14. The molecule has 0 amide bonds. The summed E-state index contributed by atoms with van der Waals surface area (Å²) >= 11 is 0. The van der Waals surface area contributed by atoms with Gasteiger partial charge in [0.05, 0.1) is 12.7 Å². The highest BCUT2D eigenvalue weighted by Gasteiger charge is 2.72. The summed E-state index contributed by atoms with van der Waals surface area (Å²) in [5, 5.41) is 0. The van der Waals surface area contributed by atoms with Crippen LogP contribution in [0.3, 0.4) is 0 Å². The summed E-state index contributed by atoms with van der Waals surface area (Å²) in [4.78, 5) is 11.3. The van der Waals surface area contributed by atoms with E-state index in [0.717, 1.165) is 12.3 Å². The zero-order valence-corrected chi connectivity index (χ0v) is 10.7. The third kappa shape index (κ3) is 1.48. The Morgan fingerprint density at radius 1 is 1.53 bits per heavy atom. The molecule has 4 atom stereocenters. The van der Waals surface area contributed by atoms with E-state index in [1.54, 1.807) is 6.08 Å². The van der Waals surface area contributed by atoms with Crippen LogP contribution in [0.25, 0.3) is 0 Å². The Morgan fingerprint density at radius 2 is 2.29 bits per heavy atom. The molecule has 4 rings (SSSR count). The summed E-state index contributed by atoms with van der Waals surface area (Å²) < 4.78 is 10.8. The predicted octanol–water partition coefficient (Wildman–Crippen LogP) is 2.31. The highest BCUT2D eigenvalue weighted by Crippen LogP contribution is 2.69. The van der Waals surface area contributed by atoms with Crippen molar-refractivity contribution in [2.45, 2.75) is 45.3 Å². The van der Waals surface area contributed by atoms with E-state index in [1.165, 1.54) is 6.42 Å². The molecule has 94 valence electrons. The average Bonchev–Trinajstić information content (AvgIpc) is 3.01. The van der Waals surface area contributed by atoms with E-state index in [-0.39, 0.29) is 11.6 Å². The Morgan fingerprint density at radius 3 is 2.88 bits per heavy atom. The van der Waals surface area contributed by atoms with E-state index >= 15 is 0 Å². The molecule has 4 aliphatic rings. The highest BCUT2D eigenvalue weighted by molar-refractivity contribution is 5.82. The van der Waals surface area contributed by atoms with Gasteiger partial charge < -0.3 is 9.47 Å². The number of hydrogen-bond donors (Lipinski definition) is 0. The van der Waals surface area contributed by atoms with Crippen LogP contribution in [0.15, 0.2) is 12.2 Å². The number of epoxide rings is 1. The topological polar surface area (TPSA) is 38.8 Å². The molecule has 1 saturated heterocycles. The lowest BCUT2D eigenvalue weighted by Crippen LogP contribution is -2.54. The quantitative estimate of drug-likeness (QED) is 0.429. The second-order valence-corrected chi connectivity index (χ2v) is 6.14. The van der Waals surface area contributed by atoms with Crippen LogP contribution in [-0.4, -0.2) is 24.3 Å². The first-order valence-corrected chi connectivity index (χ1v) is 6.53. The Labute approximate surface area is 102 Å². The monoisotopic (exact) mass is 236 g/mol. The molecule has 3 heteroatoms. The van der Waals surface area contributed by atoms with E-state index in [9.17, 15) is 4.79 Å². The number of carbonyl (C=O) groups excluding carboxylic acids is 1. The summed E-state index contributed by atoms with van der Waals surface area (Å²) in [5.41, 5.74) is 0.304. The fourth-order valence-electron chi connectivity index (χ4n) is 3.69. The van der Waals surface area contributed by atoms with E-state index in [4.69, 9.17) is 9.47 Å². The van der Waals surface area contributed by atoms with Crippen LogP contribution in [0.1, 0.15) is 33.6 Å². The van der Waals surface area contributed by atoms with Crippen LogP contribution in [0.4, 0.5) is 0 Å². The molecule has 0 N–H and O–H groups in total. The zero-order valence-electron chi connectivity index (χ0n) is 10.7. The van der Waals surface area contributed by atoms with Gasteiger partial charge in [-0.3, -0.25) is 0 Å². The van der Waals surface area contributed by atoms with Crippen molar-refractivity contribution in [2.24, 2.45) is 17.3 Å². The van der Waals surface area contributed by atoms with Gasteiger partial charge in [0, 0.05) is 6.08 Å². The van der Waals surface area contributed by atoms with Crippen LogP contribution in [0.2, 0.25) is 0 Å². The van der Waals surface area contributed by atoms with Crippen LogP contribution in [0, 0.1) is 17.3 Å². The molecular weight excluding hydrogens is 216 g/mol. The third-order valence-electron chi connectivity index (χ3n) is 5.04. The van der Waals surface area contributed by atoms with Gasteiger partial charge in [0.25, 0.3) is 0 Å². The molecule has 2 bridgehead atoms. The number of carbonyl (C=O) groups is 1. The van der Waals surface area contributed by atoms with Gasteiger partial charge >= 0.3 is 5.97 Å². The largest absolute Gasteiger partial charge is 0.463 e. The van der Waals surface area contributed by atoms with Gasteiger partial charge in [-0.05, 0) is 43.1 Å². The number of rotatable bonds is 3. The van der Waals surface area contributed by atoms with Crippen molar-refractivity contribution in [3.63, 3.8) is 0 Å². The Hall–Kier alpha value is -0.830. The molecule has 0 aromatic heterocycles. The van der Waals surface area contributed by atoms with Gasteiger partial charge in [-0.2, -0.15) is 0 Å². The first-order valence-electron chi connectivity index (χ1n) is 6.53. The fourth-order valence-corrected chi connectivity index (χ4v) is 3.69. The maximum Gasteiger partial charge on any atom is 0.330 e. The highest BCUT2D eigenvalue weighted by atomic mass is 16.6. The molecule has 0 aromatic rings. The lowest BCUT2D eigenvalue weighted by Gasteiger charge is -2.56. The number of ether oxygens (including phenoxy) is 2. The Bertz CT molecular complexity index is 385. The van der Waals surface area contributed by atoms with Gasteiger partial charge in [0.15, 0.2) is 0 Å². The fraction of sp³-hybridized carbons (Fsp3) is 0.786. The first kappa shape index (κ1) is 11.3. The second kappa shape index (κ2) is 3.35. The molecule has 0 radical (unpaired) electrons. The van der Waals surface area contributed by atoms with Crippen LogP contribution in [0.5, 0.6) is 0 Å². The minimum absolute atomic E-state index is 0.129. The molecule has 3 aliphatic carbocycles. The molecule has 3 nitrogen and oxygen atoms in total. The molecule has 1 aliphatic heterocycles. The smallest absolute Gasteiger partial charge is 0.330 e. The maximum atomic E-state index is 11.3. The normalized spacial score (nSPS) is 45.0. The molecule has 0 aromatic carbocycles. The van der Waals surface area contributed by atoms with Gasteiger partial charge in [-0.15, -0.1) is 0 Å². The molecule has 17 heavy (non-hydrogen) atoms. The summed E-state index contributed by atoms with van der Waals surface area (Å²) in [7, 11) is 0. The van der Waals surface area contributed by atoms with Crippen molar-refractivity contribution in [3.8, 4) is 0 Å². The molecule has 0 spiro atoms. The summed E-state index contributed by atoms with van der Waals surface area (Å²) in [5.74, 6) is 1.17. The van der Waals surface area contributed by atoms with Crippen LogP contribution < -0.4 is 0 Å². The lowest BCUT2D eigenvalue weighted by molar-refractivity contribution is -0.137. The zero-order chi connectivity index (χ0) is 12.3. The summed E-state index contributed by atoms with van der Waals surface area (Å²) in [6.45, 7) is 6.93. The molecule has 3 saturated carbocycles. The first-order chi connectivity index (χ1) is 7.99. The number of hydrogen-bond acceptors (Lipinski definition) is 3. The van der Waals surface area contributed by atoms with Gasteiger partial charge in [0.2, 0.25) is 0 Å². The Balaban J connectivity index is 1.67.